The van der Waals surface area contributed by atoms with Crippen molar-refractivity contribution in [3.05, 3.63) is 59.7 Å². The zero-order valence-corrected chi connectivity index (χ0v) is 20.1. The molecule has 2 aliphatic rings. The van der Waals surface area contributed by atoms with E-state index in [-0.39, 0.29) is 12.5 Å². The van der Waals surface area contributed by atoms with E-state index < -0.39 is 38.7 Å². The summed E-state index contributed by atoms with van der Waals surface area (Å²) in [7, 11) is -4.47. The quantitative estimate of drug-likeness (QED) is 0.628. The fourth-order valence-corrected chi connectivity index (χ4v) is 6.74. The lowest BCUT2D eigenvalue weighted by Gasteiger charge is -2.40. The zero-order chi connectivity index (χ0) is 24.3. The SMILES string of the molecule is CCN1CCCCN(S(=O)(=O)c2c(F)cccc2F)[C@@H]2CCCC[C@@H]2Oc2ccccc2C1=O. The molecule has 2 aromatic rings. The first-order valence-electron chi connectivity index (χ1n) is 11.9. The minimum atomic E-state index is -4.47. The maximum atomic E-state index is 14.6. The van der Waals surface area contributed by atoms with Crippen molar-refractivity contribution in [1.29, 1.82) is 0 Å². The molecule has 0 N–H and O–H groups in total. The molecule has 34 heavy (non-hydrogen) atoms. The van der Waals surface area contributed by atoms with E-state index in [9.17, 15) is 22.0 Å². The fraction of sp³-hybridized carbons (Fsp3) is 0.480. The number of fused-ring (bicyclic) bond motifs is 2. The van der Waals surface area contributed by atoms with E-state index in [0.29, 0.717) is 50.1 Å². The van der Waals surface area contributed by atoms with E-state index in [1.807, 2.05) is 6.92 Å². The van der Waals surface area contributed by atoms with Crippen LogP contribution in [0.2, 0.25) is 0 Å². The molecule has 1 aliphatic carbocycles. The van der Waals surface area contributed by atoms with Crippen LogP contribution in [0.25, 0.3) is 0 Å². The largest absolute Gasteiger partial charge is 0.488 e. The molecule has 1 heterocycles. The second-order valence-electron chi connectivity index (χ2n) is 8.76. The first kappa shape index (κ1) is 24.6. The third-order valence-corrected chi connectivity index (χ3v) is 8.62. The smallest absolute Gasteiger partial charge is 0.257 e. The molecule has 2 aromatic carbocycles. The Bertz CT molecular complexity index is 1120. The van der Waals surface area contributed by atoms with Crippen LogP contribution in [0.15, 0.2) is 47.4 Å². The van der Waals surface area contributed by atoms with Crippen molar-refractivity contribution in [3.8, 4) is 5.75 Å². The predicted molar refractivity (Wildman–Crippen MR) is 124 cm³/mol. The molecule has 1 amide bonds. The van der Waals surface area contributed by atoms with Crippen molar-refractivity contribution in [2.75, 3.05) is 19.6 Å². The van der Waals surface area contributed by atoms with Crippen molar-refractivity contribution < 1.29 is 26.7 Å². The Kier molecular flexibility index (Phi) is 7.52. The van der Waals surface area contributed by atoms with Gasteiger partial charge in [-0.1, -0.05) is 24.6 Å². The molecule has 4 rings (SSSR count). The van der Waals surface area contributed by atoms with E-state index in [0.717, 1.165) is 31.0 Å². The summed E-state index contributed by atoms with van der Waals surface area (Å²) in [5.41, 5.74) is 0.434. The van der Waals surface area contributed by atoms with Crippen LogP contribution in [0.1, 0.15) is 55.8 Å². The van der Waals surface area contributed by atoms with Gasteiger partial charge in [0, 0.05) is 19.6 Å². The molecule has 2 atom stereocenters. The fourth-order valence-electron chi connectivity index (χ4n) is 4.91. The zero-order valence-electron chi connectivity index (χ0n) is 19.3. The number of carbonyl (C=O) groups is 1. The molecular formula is C25H30F2N2O4S. The van der Waals surface area contributed by atoms with Gasteiger partial charge in [0.2, 0.25) is 10.0 Å². The highest BCUT2D eigenvalue weighted by molar-refractivity contribution is 7.89. The molecular weight excluding hydrogens is 462 g/mol. The van der Waals surface area contributed by atoms with Crippen LogP contribution in [-0.2, 0) is 10.0 Å². The van der Waals surface area contributed by atoms with Crippen LogP contribution in [0.4, 0.5) is 8.78 Å². The average Bonchev–Trinajstić information content (AvgIpc) is 2.81. The number of ether oxygens (including phenoxy) is 1. The number of rotatable bonds is 3. The second kappa shape index (κ2) is 10.4. The summed E-state index contributed by atoms with van der Waals surface area (Å²) in [6.45, 7) is 2.93. The Morgan fingerprint density at radius 1 is 0.941 bits per heavy atom. The minimum absolute atomic E-state index is 0.0913. The molecule has 184 valence electrons. The lowest BCUT2D eigenvalue weighted by atomic mass is 9.92. The van der Waals surface area contributed by atoms with Crippen LogP contribution >= 0.6 is 0 Å². The second-order valence-corrected chi connectivity index (χ2v) is 10.6. The molecule has 0 unspecified atom stereocenters. The number of halogens is 2. The summed E-state index contributed by atoms with van der Waals surface area (Å²) in [6, 6.07) is 9.46. The molecule has 1 aliphatic heterocycles. The van der Waals surface area contributed by atoms with Gasteiger partial charge < -0.3 is 9.64 Å². The number of benzene rings is 2. The number of hydrogen-bond donors (Lipinski definition) is 0. The monoisotopic (exact) mass is 492 g/mol. The van der Waals surface area contributed by atoms with Gasteiger partial charge in [-0.3, -0.25) is 4.79 Å². The highest BCUT2D eigenvalue weighted by atomic mass is 32.2. The topological polar surface area (TPSA) is 66.9 Å². The molecule has 1 saturated carbocycles. The summed E-state index contributed by atoms with van der Waals surface area (Å²) >= 11 is 0. The van der Waals surface area contributed by atoms with Gasteiger partial charge in [-0.2, -0.15) is 4.31 Å². The highest BCUT2D eigenvalue weighted by Gasteiger charge is 2.41. The molecule has 0 spiro atoms. The Hall–Kier alpha value is -2.52. The number of hydrogen-bond acceptors (Lipinski definition) is 4. The van der Waals surface area contributed by atoms with Crippen molar-refractivity contribution >= 4 is 15.9 Å². The summed E-state index contributed by atoms with van der Waals surface area (Å²) in [6.07, 6.45) is 3.17. The number of amides is 1. The van der Waals surface area contributed by atoms with Crippen LogP contribution < -0.4 is 4.74 Å². The van der Waals surface area contributed by atoms with Gasteiger partial charge in [-0.05, 0) is 63.3 Å². The molecule has 0 bridgehead atoms. The van der Waals surface area contributed by atoms with Crippen molar-refractivity contribution in [3.63, 3.8) is 0 Å². The standard InChI is InChI=1S/C25H30F2N2O4S/c1-2-28-16-7-8-17-29(34(31,32)24-19(26)11-9-12-20(24)27)21-13-4-6-15-23(21)33-22-14-5-3-10-18(22)25(28)30/h3,5,9-12,14,21,23H,2,4,6-8,13,15-17H2,1H3/t21-,23+/m1/s1. The normalized spacial score (nSPS) is 22.7. The highest BCUT2D eigenvalue weighted by Crippen LogP contribution is 2.34. The van der Waals surface area contributed by atoms with Crippen LogP contribution in [0, 0.1) is 11.6 Å². The van der Waals surface area contributed by atoms with Crippen molar-refractivity contribution in [1.82, 2.24) is 9.21 Å². The summed E-state index contributed by atoms with van der Waals surface area (Å²) in [5.74, 6) is -1.93. The van der Waals surface area contributed by atoms with Gasteiger partial charge in [0.15, 0.2) is 4.90 Å². The molecule has 0 aromatic heterocycles. The van der Waals surface area contributed by atoms with E-state index >= 15 is 0 Å². The molecule has 0 saturated heterocycles. The predicted octanol–water partition coefficient (Wildman–Crippen LogP) is 4.60. The molecule has 6 nitrogen and oxygen atoms in total. The van der Waals surface area contributed by atoms with Gasteiger partial charge >= 0.3 is 0 Å². The number of sulfonamides is 1. The van der Waals surface area contributed by atoms with Crippen LogP contribution in [0.3, 0.4) is 0 Å². The molecule has 9 heteroatoms. The third-order valence-electron chi connectivity index (χ3n) is 6.64. The van der Waals surface area contributed by atoms with Gasteiger partial charge in [-0.25, -0.2) is 17.2 Å². The molecule has 0 radical (unpaired) electrons. The first-order chi connectivity index (χ1) is 16.3. The van der Waals surface area contributed by atoms with Crippen LogP contribution in [-0.4, -0.2) is 55.3 Å². The Labute approximate surface area is 199 Å². The van der Waals surface area contributed by atoms with E-state index in [1.54, 1.807) is 29.2 Å². The lowest BCUT2D eigenvalue weighted by Crippen LogP contribution is -2.51. The van der Waals surface area contributed by atoms with Gasteiger partial charge in [0.1, 0.15) is 23.5 Å². The van der Waals surface area contributed by atoms with E-state index in [2.05, 4.69) is 0 Å². The van der Waals surface area contributed by atoms with E-state index in [4.69, 9.17) is 4.74 Å². The van der Waals surface area contributed by atoms with E-state index in [1.165, 1.54) is 4.31 Å². The van der Waals surface area contributed by atoms with Gasteiger partial charge in [0.05, 0.1) is 11.6 Å². The Morgan fingerprint density at radius 2 is 1.62 bits per heavy atom. The van der Waals surface area contributed by atoms with Crippen molar-refractivity contribution in [2.45, 2.75) is 62.5 Å². The number of para-hydroxylation sites is 1. The maximum absolute atomic E-state index is 14.6. The third kappa shape index (κ3) is 4.81. The number of carbonyl (C=O) groups excluding carboxylic acids is 1. The summed E-state index contributed by atoms with van der Waals surface area (Å²) < 4.78 is 64.0. The van der Waals surface area contributed by atoms with Crippen LogP contribution in [0.5, 0.6) is 5.75 Å². The Balaban J connectivity index is 1.78. The Morgan fingerprint density at radius 3 is 2.35 bits per heavy atom. The summed E-state index contributed by atoms with van der Waals surface area (Å²) in [4.78, 5) is 14.0. The number of nitrogens with zero attached hydrogens (tertiary/aromatic N) is 2. The first-order valence-corrected chi connectivity index (χ1v) is 13.3. The molecule has 1 fully saturated rings. The average molecular weight is 493 g/mol. The van der Waals surface area contributed by atoms with Gasteiger partial charge in [0.25, 0.3) is 5.91 Å². The minimum Gasteiger partial charge on any atom is -0.488 e. The summed E-state index contributed by atoms with van der Waals surface area (Å²) in [5, 5.41) is 0. The van der Waals surface area contributed by atoms with Crippen molar-refractivity contribution in [2.24, 2.45) is 0 Å². The maximum Gasteiger partial charge on any atom is 0.257 e. The lowest BCUT2D eigenvalue weighted by molar-refractivity contribution is 0.0640. The van der Waals surface area contributed by atoms with Gasteiger partial charge in [-0.15, -0.1) is 0 Å².